The van der Waals surface area contributed by atoms with E-state index in [2.05, 4.69) is 9.97 Å². The van der Waals surface area contributed by atoms with Crippen molar-refractivity contribution in [3.05, 3.63) is 35.6 Å². The van der Waals surface area contributed by atoms with Crippen molar-refractivity contribution >= 4 is 12.2 Å². The quantitative estimate of drug-likeness (QED) is 0.682. The average Bonchev–Trinajstić information content (AvgIpc) is 2.56. The highest BCUT2D eigenvalue weighted by molar-refractivity contribution is 7.71. The molecule has 2 aromatic rings. The van der Waals surface area contributed by atoms with E-state index in [-0.39, 0.29) is 0 Å². The van der Waals surface area contributed by atoms with Gasteiger partial charge in [0.15, 0.2) is 4.77 Å². The van der Waals surface area contributed by atoms with Gasteiger partial charge in [0, 0.05) is 11.8 Å². The van der Waals surface area contributed by atoms with Crippen molar-refractivity contribution in [1.82, 2.24) is 9.97 Å². The number of rotatable bonds is 1. The maximum absolute atomic E-state index is 4.93. The van der Waals surface area contributed by atoms with Gasteiger partial charge in [-0.3, -0.25) is 0 Å². The maximum Gasteiger partial charge on any atom is 0.197 e. The Morgan fingerprint density at radius 3 is 3.00 bits per heavy atom. The van der Waals surface area contributed by atoms with Gasteiger partial charge in [-0.2, -0.15) is 0 Å². The van der Waals surface area contributed by atoms with Crippen molar-refractivity contribution in [2.24, 2.45) is 0 Å². The molecule has 0 atom stereocenters. The molecule has 2 rings (SSSR count). The maximum atomic E-state index is 4.93. The SMILES string of the molecule is S=c1nccc(-c2ccoc2)[nH]1. The summed E-state index contributed by atoms with van der Waals surface area (Å²) in [6, 6.07) is 3.71. The Labute approximate surface area is 74.1 Å². The second-order valence-corrected chi connectivity index (χ2v) is 2.69. The van der Waals surface area contributed by atoms with Crippen LogP contribution in [0.3, 0.4) is 0 Å². The molecule has 3 nitrogen and oxygen atoms in total. The first kappa shape index (κ1) is 7.24. The lowest BCUT2D eigenvalue weighted by Crippen LogP contribution is -1.83. The van der Waals surface area contributed by atoms with Crippen molar-refractivity contribution in [3.8, 4) is 11.3 Å². The minimum absolute atomic E-state index is 0.480. The topological polar surface area (TPSA) is 41.8 Å². The highest BCUT2D eigenvalue weighted by Gasteiger charge is 1.97. The summed E-state index contributed by atoms with van der Waals surface area (Å²) >= 11 is 4.88. The predicted molar refractivity (Wildman–Crippen MR) is 47.1 cm³/mol. The molecule has 0 saturated carbocycles. The van der Waals surface area contributed by atoms with E-state index < -0.39 is 0 Å². The van der Waals surface area contributed by atoms with Crippen LogP contribution >= 0.6 is 12.2 Å². The monoisotopic (exact) mass is 178 g/mol. The normalized spacial score (nSPS) is 10.0. The van der Waals surface area contributed by atoms with Gasteiger partial charge in [-0.05, 0) is 24.4 Å². The summed E-state index contributed by atoms with van der Waals surface area (Å²) < 4.78 is 5.41. The molecule has 4 heteroatoms. The fourth-order valence-electron chi connectivity index (χ4n) is 0.955. The van der Waals surface area contributed by atoms with Gasteiger partial charge in [0.2, 0.25) is 0 Å². The minimum Gasteiger partial charge on any atom is -0.472 e. The fraction of sp³-hybridized carbons (Fsp3) is 0. The van der Waals surface area contributed by atoms with Crippen LogP contribution in [0, 0.1) is 4.77 Å². The van der Waals surface area contributed by atoms with Crippen molar-refractivity contribution < 1.29 is 4.42 Å². The minimum atomic E-state index is 0.480. The Balaban J connectivity index is 2.55. The van der Waals surface area contributed by atoms with Crippen LogP contribution in [0.5, 0.6) is 0 Å². The van der Waals surface area contributed by atoms with Gasteiger partial charge in [0.1, 0.15) is 0 Å². The second-order valence-electron chi connectivity index (χ2n) is 2.30. The number of hydrogen-bond acceptors (Lipinski definition) is 3. The van der Waals surface area contributed by atoms with Gasteiger partial charge in [-0.25, -0.2) is 4.98 Å². The van der Waals surface area contributed by atoms with Crippen LogP contribution in [-0.2, 0) is 0 Å². The van der Waals surface area contributed by atoms with E-state index in [9.17, 15) is 0 Å². The molecule has 0 aromatic carbocycles. The first-order chi connectivity index (χ1) is 5.86. The fourth-order valence-corrected chi connectivity index (χ4v) is 1.13. The number of aromatic nitrogens is 2. The molecular formula is C8H6N2OS. The highest BCUT2D eigenvalue weighted by Crippen LogP contribution is 2.15. The lowest BCUT2D eigenvalue weighted by atomic mass is 10.2. The zero-order valence-corrected chi connectivity index (χ0v) is 6.97. The van der Waals surface area contributed by atoms with E-state index in [4.69, 9.17) is 16.6 Å². The Kier molecular flexibility index (Phi) is 1.75. The third-order valence-corrected chi connectivity index (χ3v) is 1.71. The van der Waals surface area contributed by atoms with Gasteiger partial charge in [-0.1, -0.05) is 0 Å². The van der Waals surface area contributed by atoms with Gasteiger partial charge in [0.05, 0.1) is 18.2 Å². The molecule has 0 aliphatic carbocycles. The lowest BCUT2D eigenvalue weighted by molar-refractivity contribution is 0.568. The number of nitrogens with one attached hydrogen (secondary N) is 1. The van der Waals surface area contributed by atoms with E-state index >= 15 is 0 Å². The molecule has 0 radical (unpaired) electrons. The van der Waals surface area contributed by atoms with E-state index in [1.807, 2.05) is 12.1 Å². The second kappa shape index (κ2) is 2.91. The summed E-state index contributed by atoms with van der Waals surface area (Å²) in [7, 11) is 0. The van der Waals surface area contributed by atoms with Crippen molar-refractivity contribution in [2.75, 3.05) is 0 Å². The largest absolute Gasteiger partial charge is 0.472 e. The molecule has 0 spiro atoms. The van der Waals surface area contributed by atoms with E-state index in [1.54, 1.807) is 18.7 Å². The molecule has 12 heavy (non-hydrogen) atoms. The molecule has 2 aromatic heterocycles. The molecule has 0 bridgehead atoms. The molecule has 0 amide bonds. The van der Waals surface area contributed by atoms with E-state index in [0.29, 0.717) is 4.77 Å². The van der Waals surface area contributed by atoms with Crippen LogP contribution in [-0.4, -0.2) is 9.97 Å². The molecule has 0 saturated heterocycles. The Morgan fingerprint density at radius 2 is 2.33 bits per heavy atom. The van der Waals surface area contributed by atoms with Crippen LogP contribution in [0.2, 0.25) is 0 Å². The van der Waals surface area contributed by atoms with Crippen LogP contribution in [0.15, 0.2) is 35.3 Å². The number of H-pyrrole nitrogens is 1. The van der Waals surface area contributed by atoms with Gasteiger partial charge >= 0.3 is 0 Å². The zero-order chi connectivity index (χ0) is 8.39. The number of hydrogen-bond donors (Lipinski definition) is 1. The first-order valence-corrected chi connectivity index (χ1v) is 3.85. The average molecular weight is 178 g/mol. The van der Waals surface area contributed by atoms with Crippen molar-refractivity contribution in [2.45, 2.75) is 0 Å². The molecule has 0 aliphatic heterocycles. The molecule has 1 N–H and O–H groups in total. The molecule has 2 heterocycles. The number of nitrogens with zero attached hydrogens (tertiary/aromatic N) is 1. The van der Waals surface area contributed by atoms with E-state index in [1.165, 1.54) is 0 Å². The lowest BCUT2D eigenvalue weighted by Gasteiger charge is -1.94. The summed E-state index contributed by atoms with van der Waals surface area (Å²) in [5.41, 5.74) is 1.90. The number of furan rings is 1. The van der Waals surface area contributed by atoms with Crippen LogP contribution in [0.4, 0.5) is 0 Å². The van der Waals surface area contributed by atoms with Gasteiger partial charge < -0.3 is 9.40 Å². The molecule has 0 aliphatic rings. The van der Waals surface area contributed by atoms with Gasteiger partial charge in [0.25, 0.3) is 0 Å². The van der Waals surface area contributed by atoms with E-state index in [0.717, 1.165) is 11.3 Å². The summed E-state index contributed by atoms with van der Waals surface area (Å²) in [6.07, 6.45) is 4.94. The summed E-state index contributed by atoms with van der Waals surface area (Å²) in [5, 5.41) is 0. The zero-order valence-electron chi connectivity index (χ0n) is 6.15. The molecule has 60 valence electrons. The van der Waals surface area contributed by atoms with Crippen LogP contribution in [0.25, 0.3) is 11.3 Å². The van der Waals surface area contributed by atoms with Crippen molar-refractivity contribution in [1.29, 1.82) is 0 Å². The third kappa shape index (κ3) is 1.29. The Hall–Kier alpha value is -1.42. The smallest absolute Gasteiger partial charge is 0.197 e. The highest BCUT2D eigenvalue weighted by atomic mass is 32.1. The molecule has 0 unspecified atom stereocenters. The summed E-state index contributed by atoms with van der Waals surface area (Å²) in [6.45, 7) is 0. The Bertz CT molecular complexity index is 419. The third-order valence-electron chi connectivity index (χ3n) is 1.51. The van der Waals surface area contributed by atoms with Crippen LogP contribution in [0.1, 0.15) is 0 Å². The Morgan fingerprint density at radius 1 is 1.42 bits per heavy atom. The first-order valence-electron chi connectivity index (χ1n) is 3.44. The molecule has 0 fully saturated rings. The summed E-state index contributed by atoms with van der Waals surface area (Å²) in [5.74, 6) is 0. The van der Waals surface area contributed by atoms with Gasteiger partial charge in [-0.15, -0.1) is 0 Å². The number of aromatic amines is 1. The van der Waals surface area contributed by atoms with Crippen molar-refractivity contribution in [3.63, 3.8) is 0 Å². The van der Waals surface area contributed by atoms with Crippen LogP contribution < -0.4 is 0 Å². The standard InChI is InChI=1S/C8H6N2OS/c12-8-9-3-1-7(10-8)6-2-4-11-5-6/h1-5H,(H,9,10,12). The predicted octanol–water partition coefficient (Wildman–Crippen LogP) is 2.40. The summed E-state index contributed by atoms with van der Waals surface area (Å²) in [4.78, 5) is 6.83. The molecular weight excluding hydrogens is 172 g/mol.